The molecule has 15 heavy (non-hydrogen) atoms. The highest BCUT2D eigenvalue weighted by atomic mass is 35.5. The maximum Gasteiger partial charge on any atom is 0.130 e. The lowest BCUT2D eigenvalue weighted by Crippen LogP contribution is -2.14. The monoisotopic (exact) mass is 244 g/mol. The zero-order valence-electron chi connectivity index (χ0n) is 9.16. The van der Waals surface area contributed by atoms with Gasteiger partial charge in [-0.05, 0) is 44.6 Å². The minimum atomic E-state index is 0.268. The van der Waals surface area contributed by atoms with Gasteiger partial charge in [0.2, 0.25) is 0 Å². The second kappa shape index (κ2) is 6.36. The molecule has 2 N–H and O–H groups in total. The van der Waals surface area contributed by atoms with Crippen LogP contribution in [-0.4, -0.2) is 17.3 Å². The second-order valence-corrected chi connectivity index (χ2v) is 4.96. The molecule has 1 rings (SSSR count). The van der Waals surface area contributed by atoms with Gasteiger partial charge in [0.25, 0.3) is 0 Å². The van der Waals surface area contributed by atoms with E-state index in [2.05, 4.69) is 11.1 Å². The van der Waals surface area contributed by atoms with Gasteiger partial charge >= 0.3 is 0 Å². The molecule has 0 radical (unpaired) electrons. The lowest BCUT2D eigenvalue weighted by atomic mass is 10.1. The van der Waals surface area contributed by atoms with Crippen LogP contribution in [0.4, 0.5) is 0 Å². The first-order chi connectivity index (χ1) is 7.11. The normalized spacial score (nSPS) is 12.8. The summed E-state index contributed by atoms with van der Waals surface area (Å²) in [7, 11) is 0. The van der Waals surface area contributed by atoms with Crippen LogP contribution in [0.2, 0.25) is 5.15 Å². The molecule has 0 aromatic carbocycles. The van der Waals surface area contributed by atoms with Crippen LogP contribution in [0.15, 0.2) is 17.0 Å². The third kappa shape index (κ3) is 4.87. The van der Waals surface area contributed by atoms with Crippen molar-refractivity contribution < 1.29 is 0 Å². The molecule has 0 amide bonds. The number of nitrogens with two attached hydrogens (primary N) is 1. The first-order valence-electron chi connectivity index (χ1n) is 5.08. The van der Waals surface area contributed by atoms with Crippen LogP contribution >= 0.6 is 23.4 Å². The summed E-state index contributed by atoms with van der Waals surface area (Å²) in [5.74, 6) is 0. The van der Waals surface area contributed by atoms with Crippen molar-refractivity contribution in [2.24, 2.45) is 5.73 Å². The quantitative estimate of drug-likeness (QED) is 0.639. The van der Waals surface area contributed by atoms with Crippen LogP contribution in [0.5, 0.6) is 0 Å². The van der Waals surface area contributed by atoms with Gasteiger partial charge in [-0.1, -0.05) is 11.6 Å². The molecule has 1 heterocycles. The molecule has 0 bridgehead atoms. The lowest BCUT2D eigenvalue weighted by Gasteiger charge is -2.06. The third-order valence-corrected chi connectivity index (χ3v) is 3.05. The summed E-state index contributed by atoms with van der Waals surface area (Å²) in [4.78, 5) is 5.46. The van der Waals surface area contributed by atoms with Crippen LogP contribution in [0.1, 0.15) is 25.5 Å². The average molecular weight is 245 g/mol. The Kier molecular flexibility index (Phi) is 5.43. The number of aryl methyl sites for hydroxylation is 1. The Morgan fingerprint density at radius 2 is 2.27 bits per heavy atom. The second-order valence-electron chi connectivity index (χ2n) is 3.69. The fraction of sp³-hybridized carbons (Fsp3) is 0.545. The van der Waals surface area contributed by atoms with E-state index in [0.717, 1.165) is 25.0 Å². The number of hydrogen-bond acceptors (Lipinski definition) is 3. The van der Waals surface area contributed by atoms with Crippen LogP contribution in [0, 0.1) is 0 Å². The summed E-state index contributed by atoms with van der Waals surface area (Å²) in [5.41, 5.74) is 6.75. The van der Waals surface area contributed by atoms with E-state index in [9.17, 15) is 0 Å². The summed E-state index contributed by atoms with van der Waals surface area (Å²) in [6, 6.07) is 4.25. The fourth-order valence-electron chi connectivity index (χ4n) is 1.38. The molecule has 0 fully saturated rings. The molecule has 0 saturated heterocycles. The minimum absolute atomic E-state index is 0.268. The molecule has 0 saturated carbocycles. The van der Waals surface area contributed by atoms with Gasteiger partial charge in [-0.2, -0.15) is 0 Å². The zero-order valence-corrected chi connectivity index (χ0v) is 10.7. The maximum atomic E-state index is 5.92. The van der Waals surface area contributed by atoms with Crippen molar-refractivity contribution in [3.05, 3.63) is 23.0 Å². The largest absolute Gasteiger partial charge is 0.328 e. The predicted molar refractivity (Wildman–Crippen MR) is 67.6 cm³/mol. The van der Waals surface area contributed by atoms with E-state index >= 15 is 0 Å². The average Bonchev–Trinajstić information content (AvgIpc) is 2.16. The molecule has 0 aliphatic carbocycles. The highest BCUT2D eigenvalue weighted by Crippen LogP contribution is 2.20. The van der Waals surface area contributed by atoms with Crippen LogP contribution < -0.4 is 5.73 Å². The van der Waals surface area contributed by atoms with Crippen LogP contribution in [0.3, 0.4) is 0 Å². The van der Waals surface area contributed by atoms with Crippen molar-refractivity contribution in [2.45, 2.75) is 37.1 Å². The van der Waals surface area contributed by atoms with Crippen LogP contribution in [-0.2, 0) is 6.42 Å². The number of hydrogen-bond donors (Lipinski definition) is 1. The van der Waals surface area contributed by atoms with Gasteiger partial charge in [-0.25, -0.2) is 4.98 Å². The van der Waals surface area contributed by atoms with Gasteiger partial charge in [0.05, 0.1) is 0 Å². The van der Waals surface area contributed by atoms with Crippen molar-refractivity contribution >= 4 is 23.4 Å². The van der Waals surface area contributed by atoms with E-state index in [0.29, 0.717) is 5.15 Å². The molecule has 84 valence electrons. The minimum Gasteiger partial charge on any atom is -0.328 e. The summed E-state index contributed by atoms with van der Waals surface area (Å²) >= 11 is 7.61. The van der Waals surface area contributed by atoms with Gasteiger partial charge in [-0.15, -0.1) is 11.8 Å². The molecular weight excluding hydrogens is 228 g/mol. The van der Waals surface area contributed by atoms with E-state index in [1.165, 1.54) is 4.90 Å². The number of halogens is 1. The predicted octanol–water partition coefficient (Wildman–Crippen LogP) is 3.13. The number of thioether (sulfide) groups is 1. The summed E-state index contributed by atoms with van der Waals surface area (Å²) in [5, 5.41) is 0.581. The van der Waals surface area contributed by atoms with Crippen molar-refractivity contribution in [2.75, 3.05) is 6.26 Å². The molecular formula is C11H17ClN2S. The standard InChI is InChI=1S/C11H17ClN2S/c1-8(13)4-3-5-9-6-10(15-2)7-11(12)14-9/h6-8H,3-5,13H2,1-2H3. The molecule has 0 spiro atoms. The lowest BCUT2D eigenvalue weighted by molar-refractivity contribution is 0.619. The number of rotatable bonds is 5. The van der Waals surface area contributed by atoms with Gasteiger partial charge < -0.3 is 5.73 Å². The van der Waals surface area contributed by atoms with E-state index in [-0.39, 0.29) is 6.04 Å². The third-order valence-electron chi connectivity index (χ3n) is 2.15. The van der Waals surface area contributed by atoms with Gasteiger partial charge in [-0.3, -0.25) is 0 Å². The van der Waals surface area contributed by atoms with Crippen molar-refractivity contribution in [1.82, 2.24) is 4.98 Å². The first kappa shape index (κ1) is 12.8. The molecule has 1 aromatic heterocycles. The zero-order chi connectivity index (χ0) is 11.3. The van der Waals surface area contributed by atoms with E-state index in [1.54, 1.807) is 11.8 Å². The number of pyridine rings is 1. The molecule has 4 heteroatoms. The molecule has 1 unspecified atom stereocenters. The van der Waals surface area contributed by atoms with E-state index < -0.39 is 0 Å². The van der Waals surface area contributed by atoms with Gasteiger partial charge in [0.1, 0.15) is 5.15 Å². The Labute approximate surface area is 101 Å². The first-order valence-corrected chi connectivity index (χ1v) is 6.68. The van der Waals surface area contributed by atoms with Gasteiger partial charge in [0, 0.05) is 16.6 Å². The Morgan fingerprint density at radius 3 is 2.87 bits per heavy atom. The Bertz CT molecular complexity index is 315. The summed E-state index contributed by atoms with van der Waals surface area (Å²) in [6.45, 7) is 2.03. The van der Waals surface area contributed by atoms with E-state index in [4.69, 9.17) is 17.3 Å². The Morgan fingerprint density at radius 1 is 1.53 bits per heavy atom. The summed E-state index contributed by atoms with van der Waals surface area (Å²) in [6.07, 6.45) is 5.09. The highest BCUT2D eigenvalue weighted by Gasteiger charge is 2.02. The SMILES string of the molecule is CSc1cc(Cl)nc(CCCC(C)N)c1. The Hall–Kier alpha value is -0.250. The molecule has 1 atom stereocenters. The fourth-order valence-corrected chi connectivity index (χ4v) is 2.15. The smallest absolute Gasteiger partial charge is 0.130 e. The van der Waals surface area contributed by atoms with E-state index in [1.807, 2.05) is 19.2 Å². The number of nitrogens with zero attached hydrogens (tertiary/aromatic N) is 1. The molecule has 0 aliphatic heterocycles. The van der Waals surface area contributed by atoms with Crippen molar-refractivity contribution in [1.29, 1.82) is 0 Å². The highest BCUT2D eigenvalue weighted by molar-refractivity contribution is 7.98. The van der Waals surface area contributed by atoms with Crippen molar-refractivity contribution in [3.8, 4) is 0 Å². The molecule has 2 nitrogen and oxygen atoms in total. The number of aromatic nitrogens is 1. The maximum absolute atomic E-state index is 5.92. The molecule has 0 aliphatic rings. The van der Waals surface area contributed by atoms with Crippen LogP contribution in [0.25, 0.3) is 0 Å². The van der Waals surface area contributed by atoms with Gasteiger partial charge in [0.15, 0.2) is 0 Å². The Balaban J connectivity index is 2.56. The summed E-state index contributed by atoms with van der Waals surface area (Å²) < 4.78 is 0. The van der Waals surface area contributed by atoms with Crippen molar-refractivity contribution in [3.63, 3.8) is 0 Å². The molecule has 1 aromatic rings. The topological polar surface area (TPSA) is 38.9 Å².